The highest BCUT2D eigenvalue weighted by Crippen LogP contribution is 2.46. The summed E-state index contributed by atoms with van der Waals surface area (Å²) in [4.78, 5) is 14.1. The van der Waals surface area contributed by atoms with Crippen molar-refractivity contribution in [3.63, 3.8) is 0 Å². The van der Waals surface area contributed by atoms with Crippen molar-refractivity contribution in [2.75, 3.05) is 17.3 Å². The van der Waals surface area contributed by atoms with Gasteiger partial charge in [0.15, 0.2) is 5.78 Å². The summed E-state index contributed by atoms with van der Waals surface area (Å²) >= 11 is 3.12. The van der Waals surface area contributed by atoms with E-state index in [4.69, 9.17) is 5.73 Å². The molecule has 2 aliphatic carbocycles. The molecule has 3 rings (SSSR count). The van der Waals surface area contributed by atoms with Crippen LogP contribution < -0.4 is 11.1 Å². The number of ketones is 1. The standard InChI is InChI=1S/C15H22N2O2S2/c1-20-14-11(16)13(12(19)8-2-3-8)21-15(14)17-9-4-6-10(18)7-5-9/h8-10,17-18H,2-7,16H2,1H3. The molecule has 2 fully saturated rings. The summed E-state index contributed by atoms with van der Waals surface area (Å²) in [6.07, 6.45) is 7.50. The third kappa shape index (κ3) is 3.22. The van der Waals surface area contributed by atoms with Gasteiger partial charge in [0, 0.05) is 12.0 Å². The molecule has 0 saturated heterocycles. The minimum absolute atomic E-state index is 0.150. The summed E-state index contributed by atoms with van der Waals surface area (Å²) in [5, 5.41) is 14.2. The average molecular weight is 326 g/mol. The number of aliphatic hydroxyl groups excluding tert-OH is 1. The Morgan fingerprint density at radius 3 is 2.52 bits per heavy atom. The average Bonchev–Trinajstić information content (AvgIpc) is 3.27. The van der Waals surface area contributed by atoms with Gasteiger partial charge in [-0.05, 0) is 44.8 Å². The van der Waals surface area contributed by atoms with E-state index in [0.717, 1.165) is 53.3 Å². The molecule has 0 aromatic carbocycles. The fraction of sp³-hybridized carbons (Fsp3) is 0.667. The van der Waals surface area contributed by atoms with E-state index < -0.39 is 0 Å². The van der Waals surface area contributed by atoms with Crippen LogP contribution in [0.2, 0.25) is 0 Å². The number of rotatable bonds is 5. The normalized spacial score (nSPS) is 25.8. The van der Waals surface area contributed by atoms with Crippen molar-refractivity contribution in [3.8, 4) is 0 Å². The first-order valence-corrected chi connectivity index (χ1v) is 9.59. The number of carbonyl (C=O) groups is 1. The zero-order valence-electron chi connectivity index (χ0n) is 12.2. The Hall–Kier alpha value is -0.720. The number of anilines is 2. The van der Waals surface area contributed by atoms with E-state index in [9.17, 15) is 9.90 Å². The number of hydrogen-bond donors (Lipinski definition) is 3. The molecule has 0 spiro atoms. The Kier molecular flexibility index (Phi) is 4.47. The first-order valence-electron chi connectivity index (χ1n) is 7.55. The zero-order valence-corrected chi connectivity index (χ0v) is 13.9. The van der Waals surface area contributed by atoms with Crippen LogP contribution in [0.5, 0.6) is 0 Å². The van der Waals surface area contributed by atoms with Crippen LogP contribution in [0.3, 0.4) is 0 Å². The van der Waals surface area contributed by atoms with Crippen molar-refractivity contribution in [1.82, 2.24) is 0 Å². The Morgan fingerprint density at radius 1 is 1.29 bits per heavy atom. The molecule has 2 aliphatic rings. The third-order valence-corrected chi connectivity index (χ3v) is 6.42. The number of carbonyl (C=O) groups excluding carboxylic acids is 1. The summed E-state index contributed by atoms with van der Waals surface area (Å²) in [7, 11) is 0. The van der Waals surface area contributed by atoms with Gasteiger partial charge in [-0.1, -0.05) is 0 Å². The summed E-state index contributed by atoms with van der Waals surface area (Å²) in [5.41, 5.74) is 6.85. The summed E-state index contributed by atoms with van der Waals surface area (Å²) < 4.78 is 0. The summed E-state index contributed by atoms with van der Waals surface area (Å²) in [6.45, 7) is 0. The molecule has 116 valence electrons. The second kappa shape index (κ2) is 6.18. The van der Waals surface area contributed by atoms with E-state index in [-0.39, 0.29) is 17.8 Å². The molecule has 0 amide bonds. The van der Waals surface area contributed by atoms with Crippen LogP contribution in [0.4, 0.5) is 10.7 Å². The Labute approximate surface area is 133 Å². The van der Waals surface area contributed by atoms with Gasteiger partial charge in [-0.25, -0.2) is 0 Å². The number of Topliss-reactive ketones (excluding diaryl/α,β-unsaturated/α-hetero) is 1. The molecule has 0 radical (unpaired) electrons. The lowest BCUT2D eigenvalue weighted by molar-refractivity contribution is 0.0972. The molecule has 6 heteroatoms. The third-order valence-electron chi connectivity index (χ3n) is 4.31. The Bertz CT molecular complexity index is 532. The molecule has 21 heavy (non-hydrogen) atoms. The van der Waals surface area contributed by atoms with Gasteiger partial charge >= 0.3 is 0 Å². The Morgan fingerprint density at radius 2 is 1.95 bits per heavy atom. The maximum atomic E-state index is 12.3. The zero-order chi connectivity index (χ0) is 15.0. The molecular weight excluding hydrogens is 304 g/mol. The highest BCUT2D eigenvalue weighted by Gasteiger charge is 2.34. The van der Waals surface area contributed by atoms with Crippen LogP contribution in [0, 0.1) is 5.92 Å². The minimum atomic E-state index is -0.150. The van der Waals surface area contributed by atoms with Crippen LogP contribution in [-0.4, -0.2) is 29.3 Å². The number of nitrogens with two attached hydrogens (primary N) is 1. The lowest BCUT2D eigenvalue weighted by Crippen LogP contribution is -2.28. The van der Waals surface area contributed by atoms with Crippen molar-refractivity contribution in [2.24, 2.45) is 5.92 Å². The van der Waals surface area contributed by atoms with Gasteiger partial charge in [0.1, 0.15) is 5.00 Å². The number of nitrogen functional groups attached to an aromatic ring is 1. The summed E-state index contributed by atoms with van der Waals surface area (Å²) in [6, 6.07) is 0.376. The van der Waals surface area contributed by atoms with Gasteiger partial charge in [0.2, 0.25) is 0 Å². The minimum Gasteiger partial charge on any atom is -0.396 e. The molecule has 0 atom stereocenters. The van der Waals surface area contributed by atoms with Gasteiger partial charge in [0.25, 0.3) is 0 Å². The van der Waals surface area contributed by atoms with Crippen molar-refractivity contribution >= 4 is 39.6 Å². The van der Waals surface area contributed by atoms with Gasteiger partial charge in [-0.15, -0.1) is 23.1 Å². The molecule has 0 aliphatic heterocycles. The van der Waals surface area contributed by atoms with Gasteiger partial charge < -0.3 is 16.2 Å². The maximum Gasteiger partial charge on any atom is 0.178 e. The van der Waals surface area contributed by atoms with Crippen molar-refractivity contribution in [3.05, 3.63) is 4.88 Å². The second-order valence-electron chi connectivity index (χ2n) is 6.00. The van der Waals surface area contributed by atoms with Gasteiger partial charge in [-0.3, -0.25) is 4.79 Å². The molecule has 0 bridgehead atoms. The summed E-state index contributed by atoms with van der Waals surface area (Å²) in [5.74, 6) is 0.429. The van der Waals surface area contributed by atoms with Crippen LogP contribution in [-0.2, 0) is 0 Å². The highest BCUT2D eigenvalue weighted by atomic mass is 32.2. The van der Waals surface area contributed by atoms with Crippen LogP contribution in [0.1, 0.15) is 48.2 Å². The molecule has 1 aromatic rings. The Balaban J connectivity index is 1.77. The largest absolute Gasteiger partial charge is 0.396 e. The number of nitrogens with one attached hydrogen (secondary N) is 1. The molecule has 0 unspecified atom stereocenters. The van der Waals surface area contributed by atoms with Crippen LogP contribution in [0.15, 0.2) is 4.90 Å². The number of thioether (sulfide) groups is 1. The quantitative estimate of drug-likeness (QED) is 0.571. The van der Waals surface area contributed by atoms with Crippen molar-refractivity contribution in [1.29, 1.82) is 0 Å². The fourth-order valence-electron chi connectivity index (χ4n) is 2.85. The monoisotopic (exact) mass is 326 g/mol. The predicted molar refractivity (Wildman–Crippen MR) is 89.5 cm³/mol. The second-order valence-corrected chi connectivity index (χ2v) is 7.83. The van der Waals surface area contributed by atoms with Crippen LogP contribution in [0.25, 0.3) is 0 Å². The molecule has 1 aromatic heterocycles. The molecule has 1 heterocycles. The first kappa shape index (κ1) is 15.2. The molecule has 4 nitrogen and oxygen atoms in total. The number of thiophene rings is 1. The van der Waals surface area contributed by atoms with E-state index in [0.29, 0.717) is 11.7 Å². The van der Waals surface area contributed by atoms with E-state index in [1.54, 1.807) is 11.8 Å². The maximum absolute atomic E-state index is 12.3. The number of hydrogen-bond acceptors (Lipinski definition) is 6. The first-order chi connectivity index (χ1) is 10.1. The van der Waals surface area contributed by atoms with Gasteiger partial charge in [0.05, 0.1) is 21.6 Å². The predicted octanol–water partition coefficient (Wildman–Crippen LogP) is 3.36. The van der Waals surface area contributed by atoms with E-state index in [2.05, 4.69) is 5.32 Å². The lowest BCUT2D eigenvalue weighted by Gasteiger charge is -2.26. The van der Waals surface area contributed by atoms with E-state index >= 15 is 0 Å². The topological polar surface area (TPSA) is 75.3 Å². The van der Waals surface area contributed by atoms with E-state index in [1.807, 2.05) is 6.26 Å². The smallest absolute Gasteiger partial charge is 0.178 e. The van der Waals surface area contributed by atoms with Crippen molar-refractivity contribution in [2.45, 2.75) is 55.6 Å². The molecular formula is C15H22N2O2S2. The lowest BCUT2D eigenvalue weighted by atomic mass is 9.93. The molecule has 2 saturated carbocycles. The number of aliphatic hydroxyl groups is 1. The van der Waals surface area contributed by atoms with E-state index in [1.165, 1.54) is 11.3 Å². The van der Waals surface area contributed by atoms with Gasteiger partial charge in [-0.2, -0.15) is 0 Å². The highest BCUT2D eigenvalue weighted by molar-refractivity contribution is 7.99. The fourth-order valence-corrected chi connectivity index (χ4v) is 4.96. The van der Waals surface area contributed by atoms with Crippen molar-refractivity contribution < 1.29 is 9.90 Å². The molecule has 4 N–H and O–H groups in total. The van der Waals surface area contributed by atoms with Crippen LogP contribution >= 0.6 is 23.1 Å². The SMILES string of the molecule is CSc1c(NC2CCC(O)CC2)sc(C(=O)C2CC2)c1N.